The highest BCUT2D eigenvalue weighted by Crippen LogP contribution is 2.30. The lowest BCUT2D eigenvalue weighted by Gasteiger charge is -2.34. The summed E-state index contributed by atoms with van der Waals surface area (Å²) in [5.74, 6) is 0.105. The van der Waals surface area contributed by atoms with E-state index in [4.69, 9.17) is 4.98 Å². The first-order valence-electron chi connectivity index (χ1n) is 7.25. The zero-order valence-electron chi connectivity index (χ0n) is 12.1. The maximum Gasteiger partial charge on any atom is 0.220 e. The summed E-state index contributed by atoms with van der Waals surface area (Å²) in [7, 11) is 0. The minimum absolute atomic E-state index is 0.0420. The van der Waals surface area contributed by atoms with Crippen molar-refractivity contribution < 1.29 is 4.79 Å². The van der Waals surface area contributed by atoms with Crippen molar-refractivity contribution in [3.05, 3.63) is 42.6 Å². The predicted molar refractivity (Wildman–Crippen MR) is 79.2 cm³/mol. The van der Waals surface area contributed by atoms with Crippen LogP contribution in [-0.2, 0) is 4.79 Å². The van der Waals surface area contributed by atoms with E-state index in [0.717, 1.165) is 42.8 Å². The Morgan fingerprint density at radius 2 is 2.14 bits per heavy atom. The zero-order chi connectivity index (χ0) is 14.7. The Labute approximate surface area is 124 Å². The van der Waals surface area contributed by atoms with E-state index in [9.17, 15) is 4.79 Å². The summed E-state index contributed by atoms with van der Waals surface area (Å²) in [6.07, 6.45) is 10.1. The third-order valence-electron chi connectivity index (χ3n) is 3.86. The van der Waals surface area contributed by atoms with Gasteiger partial charge in [-0.1, -0.05) is 0 Å². The van der Waals surface area contributed by atoms with Gasteiger partial charge in [-0.3, -0.25) is 14.8 Å². The number of nitrogens with zero attached hydrogens (tertiary/aromatic N) is 4. The molecule has 21 heavy (non-hydrogen) atoms. The number of piperidine rings is 1. The Hall–Kier alpha value is -2.30. The van der Waals surface area contributed by atoms with Gasteiger partial charge in [0.1, 0.15) is 0 Å². The highest BCUT2D eigenvalue weighted by atomic mass is 16.2. The van der Waals surface area contributed by atoms with Crippen molar-refractivity contribution >= 4 is 5.91 Å². The summed E-state index contributed by atoms with van der Waals surface area (Å²) in [4.78, 5) is 26.8. The van der Waals surface area contributed by atoms with E-state index in [1.54, 1.807) is 31.7 Å². The number of rotatable bonds is 2. The maximum absolute atomic E-state index is 11.8. The molecule has 1 aliphatic heterocycles. The quantitative estimate of drug-likeness (QED) is 0.849. The number of hydrogen-bond donors (Lipinski definition) is 0. The summed E-state index contributed by atoms with van der Waals surface area (Å²) < 4.78 is 0. The van der Waals surface area contributed by atoms with E-state index in [1.165, 1.54) is 0 Å². The Morgan fingerprint density at radius 1 is 1.24 bits per heavy atom. The number of hydrogen-bond acceptors (Lipinski definition) is 4. The van der Waals surface area contributed by atoms with Crippen LogP contribution in [-0.4, -0.2) is 32.3 Å². The summed E-state index contributed by atoms with van der Waals surface area (Å²) in [5, 5.41) is 0. The molecule has 1 saturated heterocycles. The van der Waals surface area contributed by atoms with Gasteiger partial charge >= 0.3 is 0 Å². The van der Waals surface area contributed by atoms with Gasteiger partial charge in [-0.25, -0.2) is 4.98 Å². The lowest BCUT2D eigenvalue weighted by Crippen LogP contribution is -2.37. The van der Waals surface area contributed by atoms with Crippen LogP contribution in [0.3, 0.4) is 0 Å². The molecule has 0 spiro atoms. The van der Waals surface area contributed by atoms with Crippen molar-refractivity contribution in [2.24, 2.45) is 0 Å². The minimum atomic E-state index is 0.0420. The van der Waals surface area contributed by atoms with Crippen molar-refractivity contribution in [3.63, 3.8) is 0 Å². The number of amides is 1. The summed E-state index contributed by atoms with van der Waals surface area (Å²) in [5.41, 5.74) is 2.61. The first-order chi connectivity index (χ1) is 10.3. The zero-order valence-corrected chi connectivity index (χ0v) is 12.1. The van der Waals surface area contributed by atoms with Crippen LogP contribution in [0.25, 0.3) is 11.3 Å². The largest absolute Gasteiger partial charge is 0.334 e. The van der Waals surface area contributed by atoms with Gasteiger partial charge in [-0.2, -0.15) is 0 Å². The fourth-order valence-electron chi connectivity index (χ4n) is 2.81. The number of aromatic nitrogens is 3. The number of pyridine rings is 1. The van der Waals surface area contributed by atoms with E-state index in [1.807, 2.05) is 17.0 Å². The highest BCUT2D eigenvalue weighted by Gasteiger charge is 2.27. The average Bonchev–Trinajstić information content (AvgIpc) is 2.56. The number of likely N-dealkylation sites (tertiary alicyclic amines) is 1. The molecule has 1 atom stereocenters. The standard InChI is InChI=1S/C16H18N4O/c1-12(21)20-8-3-2-6-16(20)15-11-18-10-14(19-15)13-5-4-7-17-9-13/h4-5,7,9-11,16H,2-3,6,8H2,1H3/t16-/m1/s1. The van der Waals surface area contributed by atoms with Gasteiger partial charge in [0.2, 0.25) is 5.91 Å². The summed E-state index contributed by atoms with van der Waals surface area (Å²) >= 11 is 0. The molecule has 1 fully saturated rings. The van der Waals surface area contributed by atoms with Gasteiger partial charge in [0.05, 0.1) is 29.8 Å². The number of carbonyl (C=O) groups is 1. The molecule has 0 saturated carbocycles. The van der Waals surface area contributed by atoms with E-state index in [-0.39, 0.29) is 11.9 Å². The fourth-order valence-corrected chi connectivity index (χ4v) is 2.81. The average molecular weight is 282 g/mol. The molecule has 0 aliphatic carbocycles. The van der Waals surface area contributed by atoms with Crippen LogP contribution in [0.2, 0.25) is 0 Å². The van der Waals surface area contributed by atoms with Crippen LogP contribution in [0.5, 0.6) is 0 Å². The lowest BCUT2D eigenvalue weighted by atomic mass is 9.99. The van der Waals surface area contributed by atoms with Crippen LogP contribution in [0.1, 0.15) is 37.9 Å². The van der Waals surface area contributed by atoms with E-state index >= 15 is 0 Å². The molecule has 3 heterocycles. The molecule has 5 nitrogen and oxygen atoms in total. The maximum atomic E-state index is 11.8. The van der Waals surface area contributed by atoms with Crippen LogP contribution in [0.4, 0.5) is 0 Å². The van der Waals surface area contributed by atoms with E-state index in [2.05, 4.69) is 9.97 Å². The smallest absolute Gasteiger partial charge is 0.220 e. The molecule has 1 amide bonds. The lowest BCUT2D eigenvalue weighted by molar-refractivity contribution is -0.132. The van der Waals surface area contributed by atoms with Gasteiger partial charge in [-0.05, 0) is 31.4 Å². The molecule has 2 aromatic rings. The normalized spacial score (nSPS) is 18.5. The summed E-state index contributed by atoms with van der Waals surface area (Å²) in [6.45, 7) is 2.43. The Kier molecular flexibility index (Phi) is 3.90. The molecule has 0 radical (unpaired) electrons. The van der Waals surface area contributed by atoms with Crippen LogP contribution >= 0.6 is 0 Å². The molecular formula is C16H18N4O. The van der Waals surface area contributed by atoms with Crippen molar-refractivity contribution in [2.75, 3.05) is 6.54 Å². The molecule has 2 aromatic heterocycles. The first kappa shape index (κ1) is 13.7. The fraction of sp³-hybridized carbons (Fsp3) is 0.375. The van der Waals surface area contributed by atoms with Crippen molar-refractivity contribution in [1.82, 2.24) is 19.9 Å². The molecule has 0 aromatic carbocycles. The van der Waals surface area contributed by atoms with Gasteiger partial charge in [0.25, 0.3) is 0 Å². The molecule has 5 heteroatoms. The molecule has 1 aliphatic rings. The van der Waals surface area contributed by atoms with Crippen molar-refractivity contribution in [3.8, 4) is 11.3 Å². The van der Waals surface area contributed by atoms with Gasteiger partial charge in [0, 0.05) is 31.4 Å². The minimum Gasteiger partial charge on any atom is -0.334 e. The monoisotopic (exact) mass is 282 g/mol. The second kappa shape index (κ2) is 5.99. The molecular weight excluding hydrogens is 264 g/mol. The Balaban J connectivity index is 1.93. The molecule has 3 rings (SSSR count). The van der Waals surface area contributed by atoms with Crippen molar-refractivity contribution in [2.45, 2.75) is 32.2 Å². The SMILES string of the molecule is CC(=O)N1CCCC[C@@H]1c1cncc(-c2cccnc2)n1. The first-order valence-corrected chi connectivity index (χ1v) is 7.25. The predicted octanol–water partition coefficient (Wildman–Crippen LogP) is 2.61. The summed E-state index contributed by atoms with van der Waals surface area (Å²) in [6, 6.07) is 3.89. The van der Waals surface area contributed by atoms with Gasteiger partial charge in [0.15, 0.2) is 0 Å². The topological polar surface area (TPSA) is 59.0 Å². The Bertz CT molecular complexity index is 629. The molecule has 0 bridgehead atoms. The van der Waals surface area contributed by atoms with Gasteiger partial charge in [-0.15, -0.1) is 0 Å². The third kappa shape index (κ3) is 2.91. The van der Waals surface area contributed by atoms with Crippen molar-refractivity contribution in [1.29, 1.82) is 0 Å². The Morgan fingerprint density at radius 3 is 2.90 bits per heavy atom. The van der Waals surface area contributed by atoms with E-state index < -0.39 is 0 Å². The molecule has 108 valence electrons. The van der Waals surface area contributed by atoms with Crippen LogP contribution in [0, 0.1) is 0 Å². The second-order valence-electron chi connectivity index (χ2n) is 5.29. The molecule has 0 unspecified atom stereocenters. The molecule has 0 N–H and O–H groups in total. The van der Waals surface area contributed by atoms with E-state index in [0.29, 0.717) is 0 Å². The highest BCUT2D eigenvalue weighted by molar-refractivity contribution is 5.73. The van der Waals surface area contributed by atoms with Gasteiger partial charge < -0.3 is 4.90 Å². The van der Waals surface area contributed by atoms with Crippen LogP contribution < -0.4 is 0 Å². The number of carbonyl (C=O) groups excluding carboxylic acids is 1. The van der Waals surface area contributed by atoms with Crippen LogP contribution in [0.15, 0.2) is 36.9 Å². The third-order valence-corrected chi connectivity index (χ3v) is 3.86. The second-order valence-corrected chi connectivity index (χ2v) is 5.29.